The molecular formula is C17H17N7O2S. The van der Waals surface area contributed by atoms with Gasteiger partial charge in [0.2, 0.25) is 21.9 Å². The number of nitrogens with zero attached hydrogens (tertiary/aromatic N) is 5. The van der Waals surface area contributed by atoms with E-state index >= 15 is 0 Å². The van der Waals surface area contributed by atoms with E-state index in [4.69, 9.17) is 5.14 Å². The minimum atomic E-state index is -3.59. The summed E-state index contributed by atoms with van der Waals surface area (Å²) in [5.74, 6) is 0.705. The van der Waals surface area contributed by atoms with Gasteiger partial charge in [0.1, 0.15) is 6.33 Å². The lowest BCUT2D eigenvalue weighted by Crippen LogP contribution is -2.18. The first kappa shape index (κ1) is 17.3. The van der Waals surface area contributed by atoms with Gasteiger partial charge in [0.05, 0.1) is 5.75 Å². The van der Waals surface area contributed by atoms with Crippen LogP contribution in [0, 0.1) is 0 Å². The molecule has 3 heterocycles. The molecule has 0 radical (unpaired) electrons. The number of aromatic nitrogens is 4. The first-order valence-corrected chi connectivity index (χ1v) is 9.90. The van der Waals surface area contributed by atoms with Crippen molar-refractivity contribution in [1.29, 1.82) is 0 Å². The van der Waals surface area contributed by atoms with Crippen LogP contribution >= 0.6 is 0 Å². The molecule has 1 aliphatic rings. The zero-order chi connectivity index (χ0) is 18.9. The number of anilines is 3. The smallest absolute Gasteiger partial charge is 0.231 e. The molecule has 1 aliphatic heterocycles. The highest BCUT2D eigenvalue weighted by atomic mass is 32.2. The average Bonchev–Trinajstić information content (AvgIpc) is 3.05. The molecule has 0 spiro atoms. The second-order valence-corrected chi connectivity index (χ2v) is 7.86. The van der Waals surface area contributed by atoms with E-state index in [1.807, 2.05) is 17.2 Å². The summed E-state index contributed by atoms with van der Waals surface area (Å²) >= 11 is 0. The molecule has 0 saturated carbocycles. The van der Waals surface area contributed by atoms with E-state index in [-0.39, 0.29) is 5.75 Å². The Morgan fingerprint density at radius 3 is 2.81 bits per heavy atom. The van der Waals surface area contributed by atoms with E-state index in [2.05, 4.69) is 25.3 Å². The number of nitrogens with two attached hydrogens (primary N) is 1. The predicted octanol–water partition coefficient (Wildman–Crippen LogP) is 1.32. The van der Waals surface area contributed by atoms with Gasteiger partial charge in [0.25, 0.3) is 0 Å². The molecule has 3 aromatic rings. The number of primary sulfonamides is 1. The maximum absolute atomic E-state index is 11.3. The van der Waals surface area contributed by atoms with Crippen molar-refractivity contribution in [1.82, 2.24) is 19.9 Å². The van der Waals surface area contributed by atoms with E-state index in [1.165, 1.54) is 11.9 Å². The summed E-state index contributed by atoms with van der Waals surface area (Å²) < 4.78 is 22.5. The minimum absolute atomic E-state index is 0.231. The Balaban J connectivity index is 1.52. The maximum atomic E-state index is 11.3. The van der Waals surface area contributed by atoms with Gasteiger partial charge in [-0.3, -0.25) is 4.98 Å². The first-order chi connectivity index (χ1) is 13.0. The Bertz CT molecular complexity index is 1060. The lowest BCUT2D eigenvalue weighted by Gasteiger charge is -2.15. The SMILES string of the molecule is NS(=O)(=O)Cc1cccc(Nc2ncnc(N3Cc4ccncc4C3)n2)c1. The Kier molecular flexibility index (Phi) is 4.42. The van der Waals surface area contributed by atoms with Gasteiger partial charge in [-0.15, -0.1) is 0 Å². The highest BCUT2D eigenvalue weighted by Crippen LogP contribution is 2.25. The van der Waals surface area contributed by atoms with Gasteiger partial charge < -0.3 is 10.2 Å². The molecule has 138 valence electrons. The standard InChI is InChI=1S/C17H17N7O2S/c18-27(25,26)10-12-2-1-3-15(6-12)22-16-20-11-21-17(23-16)24-8-13-4-5-19-7-14(13)9-24/h1-7,11H,8-10H2,(H2,18,25,26)(H,20,21,22,23). The van der Waals surface area contributed by atoms with Crippen molar-refractivity contribution in [2.24, 2.45) is 5.14 Å². The van der Waals surface area contributed by atoms with Crippen molar-refractivity contribution in [3.8, 4) is 0 Å². The zero-order valence-electron chi connectivity index (χ0n) is 14.3. The molecule has 3 N–H and O–H groups in total. The molecule has 27 heavy (non-hydrogen) atoms. The van der Waals surface area contributed by atoms with E-state index in [0.29, 0.717) is 36.2 Å². The number of rotatable bonds is 5. The first-order valence-electron chi connectivity index (χ1n) is 8.18. The highest BCUT2D eigenvalue weighted by Gasteiger charge is 2.21. The lowest BCUT2D eigenvalue weighted by atomic mass is 10.2. The van der Waals surface area contributed by atoms with Crippen molar-refractivity contribution in [3.63, 3.8) is 0 Å². The molecule has 1 aromatic carbocycles. The number of hydrogen-bond donors (Lipinski definition) is 2. The fourth-order valence-corrected chi connectivity index (χ4v) is 3.61. The molecule has 10 heteroatoms. The summed E-state index contributed by atoms with van der Waals surface area (Å²) in [5.41, 5.74) is 3.61. The van der Waals surface area contributed by atoms with Crippen LogP contribution in [0.25, 0.3) is 0 Å². The van der Waals surface area contributed by atoms with Gasteiger partial charge in [-0.05, 0) is 34.9 Å². The summed E-state index contributed by atoms with van der Waals surface area (Å²) in [4.78, 5) is 19.1. The molecule has 0 unspecified atom stereocenters. The Hall–Kier alpha value is -3.11. The van der Waals surface area contributed by atoms with Crippen LogP contribution in [0.4, 0.5) is 17.6 Å². The summed E-state index contributed by atoms with van der Waals surface area (Å²) in [5, 5.41) is 8.18. The number of pyridine rings is 1. The normalized spacial score (nSPS) is 13.4. The molecular weight excluding hydrogens is 366 g/mol. The van der Waals surface area contributed by atoms with Crippen LogP contribution in [0.2, 0.25) is 0 Å². The third-order valence-electron chi connectivity index (χ3n) is 4.12. The second kappa shape index (κ2) is 6.89. The lowest BCUT2D eigenvalue weighted by molar-refractivity contribution is 0.597. The van der Waals surface area contributed by atoms with Crippen molar-refractivity contribution in [2.75, 3.05) is 10.2 Å². The van der Waals surface area contributed by atoms with Crippen molar-refractivity contribution in [3.05, 3.63) is 65.7 Å². The van der Waals surface area contributed by atoms with Gasteiger partial charge in [-0.25, -0.2) is 23.5 Å². The Labute approximate surface area is 156 Å². The van der Waals surface area contributed by atoms with E-state index in [0.717, 1.165) is 5.56 Å². The molecule has 0 bridgehead atoms. The predicted molar refractivity (Wildman–Crippen MR) is 100 cm³/mol. The number of benzene rings is 1. The molecule has 2 aromatic heterocycles. The minimum Gasteiger partial charge on any atom is -0.332 e. The third-order valence-corrected chi connectivity index (χ3v) is 4.86. The van der Waals surface area contributed by atoms with Gasteiger partial charge in [0, 0.05) is 31.2 Å². The van der Waals surface area contributed by atoms with Crippen LogP contribution in [0.5, 0.6) is 0 Å². The van der Waals surface area contributed by atoms with E-state index < -0.39 is 10.0 Å². The molecule has 0 aliphatic carbocycles. The summed E-state index contributed by atoms with van der Waals surface area (Å²) in [7, 11) is -3.59. The Morgan fingerprint density at radius 2 is 2.00 bits per heavy atom. The largest absolute Gasteiger partial charge is 0.332 e. The van der Waals surface area contributed by atoms with Crippen molar-refractivity contribution >= 4 is 27.6 Å². The van der Waals surface area contributed by atoms with Crippen LogP contribution in [0.1, 0.15) is 16.7 Å². The van der Waals surface area contributed by atoms with E-state index in [1.54, 1.807) is 30.5 Å². The number of sulfonamides is 1. The summed E-state index contributed by atoms with van der Waals surface area (Å²) in [6.45, 7) is 1.40. The van der Waals surface area contributed by atoms with Crippen LogP contribution in [0.15, 0.2) is 49.1 Å². The quantitative estimate of drug-likeness (QED) is 0.675. The fraction of sp³-hybridized carbons (Fsp3) is 0.176. The van der Waals surface area contributed by atoms with E-state index in [9.17, 15) is 8.42 Å². The average molecular weight is 383 g/mol. The van der Waals surface area contributed by atoms with Crippen LogP contribution in [-0.4, -0.2) is 28.4 Å². The van der Waals surface area contributed by atoms with Crippen LogP contribution in [-0.2, 0) is 28.9 Å². The van der Waals surface area contributed by atoms with Crippen molar-refractivity contribution in [2.45, 2.75) is 18.8 Å². The molecule has 0 atom stereocenters. The maximum Gasteiger partial charge on any atom is 0.231 e. The molecule has 0 saturated heterocycles. The Morgan fingerprint density at radius 1 is 1.15 bits per heavy atom. The van der Waals surface area contributed by atoms with Gasteiger partial charge in [-0.2, -0.15) is 4.98 Å². The second-order valence-electron chi connectivity index (χ2n) is 6.24. The van der Waals surface area contributed by atoms with Gasteiger partial charge in [-0.1, -0.05) is 12.1 Å². The summed E-state index contributed by atoms with van der Waals surface area (Å²) in [6, 6.07) is 8.93. The highest BCUT2D eigenvalue weighted by molar-refractivity contribution is 7.88. The van der Waals surface area contributed by atoms with Crippen LogP contribution in [0.3, 0.4) is 0 Å². The topological polar surface area (TPSA) is 127 Å². The fourth-order valence-electron chi connectivity index (χ4n) is 2.96. The monoisotopic (exact) mass is 383 g/mol. The molecule has 4 rings (SSSR count). The number of nitrogens with one attached hydrogen (secondary N) is 1. The van der Waals surface area contributed by atoms with Crippen molar-refractivity contribution < 1.29 is 8.42 Å². The van der Waals surface area contributed by atoms with Gasteiger partial charge in [0.15, 0.2) is 0 Å². The summed E-state index contributed by atoms with van der Waals surface area (Å²) in [6.07, 6.45) is 5.07. The van der Waals surface area contributed by atoms with Gasteiger partial charge >= 0.3 is 0 Å². The van der Waals surface area contributed by atoms with Crippen LogP contribution < -0.4 is 15.4 Å². The molecule has 0 fully saturated rings. The number of fused-ring (bicyclic) bond motifs is 1. The molecule has 9 nitrogen and oxygen atoms in total. The zero-order valence-corrected chi connectivity index (χ0v) is 15.1. The number of hydrogen-bond acceptors (Lipinski definition) is 8. The molecule has 0 amide bonds. The third kappa shape index (κ3) is 4.18.